The molecule has 0 N–H and O–H groups in total. The highest BCUT2D eigenvalue weighted by atomic mass is 16.7. The van der Waals surface area contributed by atoms with Crippen LogP contribution in [0.3, 0.4) is 0 Å². The van der Waals surface area contributed by atoms with Gasteiger partial charge in [0.05, 0.1) is 32.0 Å². The molecule has 1 aromatic rings. The van der Waals surface area contributed by atoms with Crippen LogP contribution in [0.1, 0.15) is 26.3 Å². The Hall–Kier alpha value is -1.26. The van der Waals surface area contributed by atoms with Crippen LogP contribution in [-0.2, 0) is 15.3 Å². The summed E-state index contributed by atoms with van der Waals surface area (Å²) in [5.41, 5.74) is 0.882. The van der Waals surface area contributed by atoms with Gasteiger partial charge in [-0.05, 0) is 32.9 Å². The fourth-order valence-corrected chi connectivity index (χ4v) is 2.11. The summed E-state index contributed by atoms with van der Waals surface area (Å²) in [6.45, 7) is 8.18. The SMILES string of the molecule is CCOc1cccc(C2(C)OCCO2)c1OCC. The van der Waals surface area contributed by atoms with E-state index in [0.29, 0.717) is 32.2 Å². The summed E-state index contributed by atoms with van der Waals surface area (Å²) in [5, 5.41) is 0. The van der Waals surface area contributed by atoms with Crippen LogP contribution < -0.4 is 9.47 Å². The van der Waals surface area contributed by atoms with Crippen molar-refractivity contribution in [3.63, 3.8) is 0 Å². The Morgan fingerprint density at radius 1 is 1.11 bits per heavy atom. The molecule has 0 spiro atoms. The summed E-state index contributed by atoms with van der Waals surface area (Å²) in [6.07, 6.45) is 0. The van der Waals surface area contributed by atoms with Gasteiger partial charge in [-0.2, -0.15) is 0 Å². The Balaban J connectivity index is 2.41. The van der Waals surface area contributed by atoms with Crippen LogP contribution in [0, 0.1) is 0 Å². The largest absolute Gasteiger partial charge is 0.490 e. The monoisotopic (exact) mass is 252 g/mol. The first-order chi connectivity index (χ1) is 8.71. The van der Waals surface area contributed by atoms with Crippen molar-refractivity contribution in [2.45, 2.75) is 26.6 Å². The van der Waals surface area contributed by atoms with Crippen molar-refractivity contribution in [3.8, 4) is 11.5 Å². The van der Waals surface area contributed by atoms with Crippen molar-refractivity contribution in [1.29, 1.82) is 0 Å². The molecular weight excluding hydrogens is 232 g/mol. The summed E-state index contributed by atoms with van der Waals surface area (Å²) in [6, 6.07) is 5.79. The maximum Gasteiger partial charge on any atom is 0.195 e. The molecule has 4 nitrogen and oxygen atoms in total. The van der Waals surface area contributed by atoms with Gasteiger partial charge in [-0.15, -0.1) is 0 Å². The zero-order valence-corrected chi connectivity index (χ0v) is 11.2. The second-order valence-corrected chi connectivity index (χ2v) is 4.14. The van der Waals surface area contributed by atoms with Crippen molar-refractivity contribution in [2.24, 2.45) is 0 Å². The zero-order chi connectivity index (χ0) is 13.0. The van der Waals surface area contributed by atoms with Gasteiger partial charge in [0.2, 0.25) is 0 Å². The first-order valence-corrected chi connectivity index (χ1v) is 6.38. The predicted molar refractivity (Wildman–Crippen MR) is 68.0 cm³/mol. The lowest BCUT2D eigenvalue weighted by atomic mass is 10.1. The highest BCUT2D eigenvalue weighted by molar-refractivity contribution is 5.48. The van der Waals surface area contributed by atoms with E-state index in [9.17, 15) is 0 Å². The standard InChI is InChI=1S/C14H20O4/c1-4-15-12-8-6-7-11(13(12)16-5-2)14(3)17-9-10-18-14/h6-8H,4-5,9-10H2,1-3H3. The minimum absolute atomic E-state index is 0.577. The number of benzene rings is 1. The van der Waals surface area contributed by atoms with E-state index in [1.807, 2.05) is 39.0 Å². The smallest absolute Gasteiger partial charge is 0.195 e. The van der Waals surface area contributed by atoms with Gasteiger partial charge < -0.3 is 18.9 Å². The van der Waals surface area contributed by atoms with Crippen molar-refractivity contribution in [3.05, 3.63) is 23.8 Å². The minimum atomic E-state index is -0.738. The molecular formula is C14H20O4. The van der Waals surface area contributed by atoms with Crippen LogP contribution in [-0.4, -0.2) is 26.4 Å². The minimum Gasteiger partial charge on any atom is -0.490 e. The molecule has 18 heavy (non-hydrogen) atoms. The summed E-state index contributed by atoms with van der Waals surface area (Å²) in [5.74, 6) is 0.709. The van der Waals surface area contributed by atoms with E-state index in [2.05, 4.69) is 0 Å². The Kier molecular flexibility index (Phi) is 4.09. The van der Waals surface area contributed by atoms with Gasteiger partial charge in [0.15, 0.2) is 17.3 Å². The third-order valence-electron chi connectivity index (χ3n) is 2.89. The van der Waals surface area contributed by atoms with E-state index >= 15 is 0 Å². The van der Waals surface area contributed by atoms with Gasteiger partial charge in [-0.3, -0.25) is 0 Å². The third kappa shape index (κ3) is 2.44. The fourth-order valence-electron chi connectivity index (χ4n) is 2.11. The summed E-state index contributed by atoms with van der Waals surface area (Å²) < 4.78 is 22.7. The molecule has 100 valence electrons. The van der Waals surface area contributed by atoms with Crippen molar-refractivity contribution < 1.29 is 18.9 Å². The number of para-hydroxylation sites is 1. The molecule has 0 aliphatic carbocycles. The Morgan fingerprint density at radius 3 is 2.39 bits per heavy atom. The van der Waals surface area contributed by atoms with Crippen LogP contribution in [0.15, 0.2) is 18.2 Å². The number of hydrogen-bond donors (Lipinski definition) is 0. The summed E-state index contributed by atoms with van der Waals surface area (Å²) >= 11 is 0. The highest BCUT2D eigenvalue weighted by Gasteiger charge is 2.36. The lowest BCUT2D eigenvalue weighted by molar-refractivity contribution is -0.151. The third-order valence-corrected chi connectivity index (χ3v) is 2.89. The average molecular weight is 252 g/mol. The molecule has 1 saturated heterocycles. The van der Waals surface area contributed by atoms with Crippen LogP contribution in [0.25, 0.3) is 0 Å². The topological polar surface area (TPSA) is 36.9 Å². The van der Waals surface area contributed by atoms with Crippen molar-refractivity contribution in [1.82, 2.24) is 0 Å². The van der Waals surface area contributed by atoms with Gasteiger partial charge >= 0.3 is 0 Å². The zero-order valence-electron chi connectivity index (χ0n) is 11.2. The maximum absolute atomic E-state index is 5.71. The molecule has 0 amide bonds. The lowest BCUT2D eigenvalue weighted by Gasteiger charge is -2.26. The van der Waals surface area contributed by atoms with Gasteiger partial charge in [-0.1, -0.05) is 6.07 Å². The highest BCUT2D eigenvalue weighted by Crippen LogP contribution is 2.41. The molecule has 1 aliphatic heterocycles. The van der Waals surface area contributed by atoms with Gasteiger partial charge in [0.25, 0.3) is 0 Å². The van der Waals surface area contributed by atoms with E-state index in [1.54, 1.807) is 0 Å². The normalized spacial score (nSPS) is 17.7. The molecule has 1 aromatic carbocycles. The molecule has 1 heterocycles. The summed E-state index contributed by atoms with van der Waals surface area (Å²) in [7, 11) is 0. The molecule has 0 bridgehead atoms. The van der Waals surface area contributed by atoms with Gasteiger partial charge in [0, 0.05) is 0 Å². The van der Waals surface area contributed by atoms with E-state index in [0.717, 1.165) is 11.3 Å². The Labute approximate surface area is 108 Å². The average Bonchev–Trinajstić information content (AvgIpc) is 2.80. The second-order valence-electron chi connectivity index (χ2n) is 4.14. The Bertz CT molecular complexity index is 397. The predicted octanol–water partition coefficient (Wildman–Crippen LogP) is 2.70. The van der Waals surface area contributed by atoms with Gasteiger partial charge in [0.1, 0.15) is 0 Å². The second kappa shape index (κ2) is 5.59. The number of rotatable bonds is 5. The molecule has 1 fully saturated rings. The van der Waals surface area contributed by atoms with Gasteiger partial charge in [-0.25, -0.2) is 0 Å². The molecule has 0 saturated carbocycles. The molecule has 0 aromatic heterocycles. The first-order valence-electron chi connectivity index (χ1n) is 6.38. The fraction of sp³-hybridized carbons (Fsp3) is 0.571. The van der Waals surface area contributed by atoms with Crippen molar-refractivity contribution >= 4 is 0 Å². The summed E-state index contributed by atoms with van der Waals surface area (Å²) in [4.78, 5) is 0. The number of hydrogen-bond acceptors (Lipinski definition) is 4. The molecule has 0 unspecified atom stereocenters. The van der Waals surface area contributed by atoms with E-state index < -0.39 is 5.79 Å². The van der Waals surface area contributed by atoms with Crippen LogP contribution >= 0.6 is 0 Å². The van der Waals surface area contributed by atoms with Crippen molar-refractivity contribution in [2.75, 3.05) is 26.4 Å². The van der Waals surface area contributed by atoms with Crippen LogP contribution in [0.2, 0.25) is 0 Å². The molecule has 4 heteroatoms. The maximum atomic E-state index is 5.71. The van der Waals surface area contributed by atoms with E-state index in [4.69, 9.17) is 18.9 Å². The molecule has 1 aliphatic rings. The van der Waals surface area contributed by atoms with E-state index in [-0.39, 0.29) is 0 Å². The molecule has 2 rings (SSSR count). The Morgan fingerprint density at radius 2 is 1.78 bits per heavy atom. The van der Waals surface area contributed by atoms with Crippen LogP contribution in [0.5, 0.6) is 11.5 Å². The van der Waals surface area contributed by atoms with Crippen LogP contribution in [0.4, 0.5) is 0 Å². The molecule has 0 atom stereocenters. The molecule has 0 radical (unpaired) electrons. The van der Waals surface area contributed by atoms with E-state index in [1.165, 1.54) is 0 Å². The quantitative estimate of drug-likeness (QED) is 0.807. The first kappa shape index (κ1) is 13.2. The number of ether oxygens (including phenoxy) is 4. The lowest BCUT2D eigenvalue weighted by Crippen LogP contribution is -2.23.